The van der Waals surface area contributed by atoms with Crippen LogP contribution in [0.15, 0.2) is 42.7 Å². The van der Waals surface area contributed by atoms with Gasteiger partial charge in [0, 0.05) is 31.1 Å². The lowest BCUT2D eigenvalue weighted by molar-refractivity contribution is 0.201. The van der Waals surface area contributed by atoms with Crippen molar-refractivity contribution in [3.8, 4) is 11.4 Å². The van der Waals surface area contributed by atoms with Crippen molar-refractivity contribution in [2.24, 2.45) is 7.05 Å². The summed E-state index contributed by atoms with van der Waals surface area (Å²) in [6.45, 7) is 1.64. The van der Waals surface area contributed by atoms with Crippen LogP contribution in [0.4, 0.5) is 10.6 Å². The SMILES string of the molecule is Cc1nn2c(N(Cc3cccc(-c4nccn4C)c3)C(=O)O)cc(CO)nc2c1I. The minimum absolute atomic E-state index is 0.104. The Balaban J connectivity index is 1.79. The average molecular weight is 518 g/mol. The van der Waals surface area contributed by atoms with Gasteiger partial charge in [-0.15, -0.1) is 0 Å². The van der Waals surface area contributed by atoms with E-state index in [0.717, 1.165) is 26.2 Å². The highest BCUT2D eigenvalue weighted by atomic mass is 127. The number of carboxylic acid groups (broad SMARTS) is 1. The lowest BCUT2D eigenvalue weighted by atomic mass is 10.1. The predicted molar refractivity (Wildman–Crippen MR) is 119 cm³/mol. The molecule has 4 aromatic rings. The third kappa shape index (κ3) is 3.63. The molecule has 0 aliphatic rings. The molecule has 2 N–H and O–H groups in total. The lowest BCUT2D eigenvalue weighted by Crippen LogP contribution is -2.31. The van der Waals surface area contributed by atoms with Gasteiger partial charge in [0.1, 0.15) is 11.6 Å². The number of hydrogen-bond donors (Lipinski definition) is 2. The second-order valence-electron chi connectivity index (χ2n) is 6.83. The van der Waals surface area contributed by atoms with E-state index in [2.05, 4.69) is 37.7 Å². The van der Waals surface area contributed by atoms with Gasteiger partial charge in [0.25, 0.3) is 0 Å². The van der Waals surface area contributed by atoms with Crippen LogP contribution in [0.5, 0.6) is 0 Å². The molecule has 0 spiro atoms. The van der Waals surface area contributed by atoms with Crippen molar-refractivity contribution in [1.29, 1.82) is 0 Å². The molecule has 0 saturated carbocycles. The van der Waals surface area contributed by atoms with Crippen LogP contribution in [0.2, 0.25) is 0 Å². The average Bonchev–Trinajstić information content (AvgIpc) is 3.29. The Morgan fingerprint density at radius 1 is 1.30 bits per heavy atom. The van der Waals surface area contributed by atoms with Gasteiger partial charge in [-0.1, -0.05) is 18.2 Å². The van der Waals surface area contributed by atoms with Crippen molar-refractivity contribution in [1.82, 2.24) is 24.1 Å². The van der Waals surface area contributed by atoms with Crippen LogP contribution in [-0.2, 0) is 20.2 Å². The van der Waals surface area contributed by atoms with Crippen LogP contribution in [0.25, 0.3) is 17.0 Å². The molecule has 1 aromatic carbocycles. The van der Waals surface area contributed by atoms with Gasteiger partial charge in [0.15, 0.2) is 5.65 Å². The van der Waals surface area contributed by atoms with Crippen molar-refractivity contribution in [3.05, 3.63) is 63.2 Å². The number of imidazole rings is 1. The molecule has 3 heterocycles. The number of rotatable bonds is 5. The van der Waals surface area contributed by atoms with E-state index in [-0.39, 0.29) is 13.2 Å². The number of nitrogens with zero attached hydrogens (tertiary/aromatic N) is 6. The number of aromatic nitrogens is 5. The maximum atomic E-state index is 12.2. The summed E-state index contributed by atoms with van der Waals surface area (Å²) in [6.07, 6.45) is 2.45. The molecular weight excluding hydrogens is 499 g/mol. The first-order valence-corrected chi connectivity index (χ1v) is 10.2. The number of aliphatic hydroxyl groups excluding tert-OH is 1. The molecule has 0 unspecified atom stereocenters. The molecule has 30 heavy (non-hydrogen) atoms. The fourth-order valence-corrected chi connectivity index (χ4v) is 3.74. The Morgan fingerprint density at radius 2 is 2.10 bits per heavy atom. The molecule has 0 aliphatic carbocycles. The second kappa shape index (κ2) is 8.03. The van der Waals surface area contributed by atoms with Gasteiger partial charge in [-0.25, -0.2) is 14.8 Å². The number of anilines is 1. The predicted octanol–water partition coefficient (Wildman–Crippen LogP) is 3.22. The van der Waals surface area contributed by atoms with E-state index in [0.29, 0.717) is 17.2 Å². The van der Waals surface area contributed by atoms with Gasteiger partial charge in [-0.3, -0.25) is 4.90 Å². The molecule has 4 rings (SSSR count). The topological polar surface area (TPSA) is 109 Å². The van der Waals surface area contributed by atoms with Gasteiger partial charge < -0.3 is 14.8 Å². The molecule has 0 radical (unpaired) electrons. The van der Waals surface area contributed by atoms with E-state index in [1.807, 2.05) is 49.0 Å². The summed E-state index contributed by atoms with van der Waals surface area (Å²) in [5.74, 6) is 1.12. The fourth-order valence-electron chi connectivity index (χ4n) is 3.29. The van der Waals surface area contributed by atoms with Gasteiger partial charge in [-0.05, 0) is 41.1 Å². The molecule has 0 fully saturated rings. The zero-order chi connectivity index (χ0) is 21.4. The Labute approximate surface area is 185 Å². The number of amides is 1. The maximum Gasteiger partial charge on any atom is 0.413 e. The molecule has 154 valence electrons. The number of fused-ring (bicyclic) bond motifs is 1. The van der Waals surface area contributed by atoms with E-state index >= 15 is 0 Å². The molecule has 3 aromatic heterocycles. The van der Waals surface area contributed by atoms with Crippen LogP contribution in [-0.4, -0.2) is 40.5 Å². The summed E-state index contributed by atoms with van der Waals surface area (Å²) in [4.78, 5) is 22.1. The number of hydrogen-bond acceptors (Lipinski definition) is 5. The molecule has 1 amide bonds. The molecule has 0 bridgehead atoms. The van der Waals surface area contributed by atoms with Gasteiger partial charge >= 0.3 is 6.09 Å². The van der Waals surface area contributed by atoms with Gasteiger partial charge in [0.05, 0.1) is 28.1 Å². The van der Waals surface area contributed by atoms with Gasteiger partial charge in [-0.2, -0.15) is 9.61 Å². The monoisotopic (exact) mass is 518 g/mol. The quantitative estimate of drug-likeness (QED) is 0.393. The van der Waals surface area contributed by atoms with E-state index in [4.69, 9.17) is 0 Å². The Hall–Kier alpha value is -2.99. The molecule has 10 heteroatoms. The third-order valence-corrected chi connectivity index (χ3v) is 6.01. The van der Waals surface area contributed by atoms with Crippen LogP contribution in [0.1, 0.15) is 17.0 Å². The number of benzene rings is 1. The van der Waals surface area contributed by atoms with E-state index < -0.39 is 6.09 Å². The van der Waals surface area contributed by atoms with Gasteiger partial charge in [0.2, 0.25) is 0 Å². The minimum atomic E-state index is -1.13. The lowest BCUT2D eigenvalue weighted by Gasteiger charge is -2.21. The number of aryl methyl sites for hydroxylation is 2. The highest BCUT2D eigenvalue weighted by Gasteiger charge is 2.22. The summed E-state index contributed by atoms with van der Waals surface area (Å²) in [6, 6.07) is 9.14. The molecular formula is C20H19IN6O3. The largest absolute Gasteiger partial charge is 0.465 e. The number of aliphatic hydroxyl groups is 1. The number of halogens is 1. The first-order valence-electron chi connectivity index (χ1n) is 9.11. The van der Waals surface area contributed by atoms with Crippen molar-refractivity contribution in [2.45, 2.75) is 20.1 Å². The highest BCUT2D eigenvalue weighted by Crippen LogP contribution is 2.26. The summed E-state index contributed by atoms with van der Waals surface area (Å²) in [7, 11) is 1.91. The number of carbonyl (C=O) groups is 1. The Kier molecular flexibility index (Phi) is 5.43. The van der Waals surface area contributed by atoms with Crippen molar-refractivity contribution in [3.63, 3.8) is 0 Å². The van der Waals surface area contributed by atoms with E-state index in [9.17, 15) is 15.0 Å². The van der Waals surface area contributed by atoms with E-state index in [1.54, 1.807) is 12.3 Å². The van der Waals surface area contributed by atoms with Crippen molar-refractivity contribution in [2.75, 3.05) is 4.90 Å². The van der Waals surface area contributed by atoms with Crippen molar-refractivity contribution >= 4 is 40.1 Å². The van der Waals surface area contributed by atoms with Crippen LogP contribution in [0, 0.1) is 10.5 Å². The van der Waals surface area contributed by atoms with Crippen LogP contribution < -0.4 is 4.90 Å². The third-order valence-electron chi connectivity index (χ3n) is 4.74. The fraction of sp³-hybridized carbons (Fsp3) is 0.200. The summed E-state index contributed by atoms with van der Waals surface area (Å²) < 4.78 is 4.22. The van der Waals surface area contributed by atoms with E-state index in [1.165, 1.54) is 9.42 Å². The minimum Gasteiger partial charge on any atom is -0.465 e. The summed E-state index contributed by atoms with van der Waals surface area (Å²) in [5, 5.41) is 24.0. The Bertz CT molecular complexity index is 1250. The summed E-state index contributed by atoms with van der Waals surface area (Å²) in [5.41, 5.74) is 3.32. The zero-order valence-electron chi connectivity index (χ0n) is 16.3. The van der Waals surface area contributed by atoms with Crippen molar-refractivity contribution < 1.29 is 15.0 Å². The molecule has 0 aliphatic heterocycles. The first kappa shape index (κ1) is 20.3. The Morgan fingerprint density at radius 3 is 2.77 bits per heavy atom. The maximum absolute atomic E-state index is 12.2. The van der Waals surface area contributed by atoms with Crippen LogP contribution in [0.3, 0.4) is 0 Å². The van der Waals surface area contributed by atoms with Crippen LogP contribution >= 0.6 is 22.6 Å². The second-order valence-corrected chi connectivity index (χ2v) is 7.91. The summed E-state index contributed by atoms with van der Waals surface area (Å²) >= 11 is 2.12. The normalized spacial score (nSPS) is 11.2. The first-order chi connectivity index (χ1) is 14.4. The molecule has 0 atom stereocenters. The molecule has 9 nitrogen and oxygen atoms in total. The standard InChI is InChI=1S/C20H19IN6O3/c1-12-17(21)19-23-15(11-28)9-16(27(19)24-12)26(20(29)30)10-13-4-3-5-14(8-13)18-22-6-7-25(18)2/h3-9,28H,10-11H2,1-2H3,(H,29,30). The zero-order valence-corrected chi connectivity index (χ0v) is 18.5. The highest BCUT2D eigenvalue weighted by molar-refractivity contribution is 14.1. The molecule has 0 saturated heterocycles. The smallest absolute Gasteiger partial charge is 0.413 e.